The normalized spacial score (nSPS) is 27.6. The maximum absolute atomic E-state index is 10.0. The van der Waals surface area contributed by atoms with Crippen LogP contribution in [0.1, 0.15) is 38.6 Å². The molecule has 0 saturated heterocycles. The van der Waals surface area contributed by atoms with Crippen LogP contribution in [0, 0.1) is 0 Å². The van der Waals surface area contributed by atoms with Crippen LogP contribution in [0.4, 0.5) is 0 Å². The van der Waals surface area contributed by atoms with Gasteiger partial charge < -0.3 is 9.84 Å². The summed E-state index contributed by atoms with van der Waals surface area (Å²) in [6.45, 7) is 1.92. The second-order valence-electron chi connectivity index (χ2n) is 5.76. The summed E-state index contributed by atoms with van der Waals surface area (Å²) in [5, 5.41) is 15.8. The van der Waals surface area contributed by atoms with Crippen LogP contribution in [-0.2, 0) is 0 Å². The number of aliphatic hydroxyl groups is 1. The van der Waals surface area contributed by atoms with Gasteiger partial charge in [0, 0.05) is 17.6 Å². The Labute approximate surface area is 113 Å². The Kier molecular flexibility index (Phi) is 2.97. The zero-order chi connectivity index (χ0) is 13.5. The van der Waals surface area contributed by atoms with Crippen LogP contribution >= 0.6 is 0 Å². The lowest BCUT2D eigenvalue weighted by Gasteiger charge is -2.33. The summed E-state index contributed by atoms with van der Waals surface area (Å²) in [7, 11) is 1.67. The number of ether oxygens (including phenoxy) is 1. The second kappa shape index (κ2) is 4.53. The average molecular weight is 260 g/mol. The molecule has 4 nitrogen and oxygen atoms in total. The van der Waals surface area contributed by atoms with Gasteiger partial charge in [-0.2, -0.15) is 5.10 Å². The molecular weight excluding hydrogens is 240 g/mol. The van der Waals surface area contributed by atoms with Crippen molar-refractivity contribution in [2.45, 2.75) is 44.2 Å². The van der Waals surface area contributed by atoms with Crippen molar-refractivity contribution in [1.82, 2.24) is 9.78 Å². The van der Waals surface area contributed by atoms with Gasteiger partial charge in [0.2, 0.25) is 0 Å². The second-order valence-corrected chi connectivity index (χ2v) is 5.76. The van der Waals surface area contributed by atoms with E-state index in [1.807, 2.05) is 25.1 Å². The number of fused-ring (bicyclic) bond motifs is 1. The first-order valence-corrected chi connectivity index (χ1v) is 6.83. The maximum atomic E-state index is 10.0. The van der Waals surface area contributed by atoms with Crippen molar-refractivity contribution in [3.8, 4) is 5.75 Å². The highest BCUT2D eigenvalue weighted by molar-refractivity contribution is 5.79. The molecule has 19 heavy (non-hydrogen) atoms. The summed E-state index contributed by atoms with van der Waals surface area (Å²) in [6, 6.07) is 6.36. The molecule has 0 aliphatic heterocycles. The molecule has 4 heteroatoms. The average Bonchev–Trinajstić information content (AvgIpc) is 2.81. The predicted octanol–water partition coefficient (Wildman–Crippen LogP) is 2.91. The minimum absolute atomic E-state index is 0.401. The third-order valence-corrected chi connectivity index (χ3v) is 4.14. The summed E-state index contributed by atoms with van der Waals surface area (Å²) in [6.07, 6.45) is 5.75. The summed E-state index contributed by atoms with van der Waals surface area (Å²) in [5.74, 6) is 0.837. The first-order chi connectivity index (χ1) is 9.07. The van der Waals surface area contributed by atoms with E-state index in [-0.39, 0.29) is 0 Å². The van der Waals surface area contributed by atoms with Gasteiger partial charge in [-0.25, -0.2) is 0 Å². The van der Waals surface area contributed by atoms with E-state index in [0.717, 1.165) is 42.3 Å². The highest BCUT2D eigenvalue weighted by Gasteiger charge is 2.29. The molecule has 1 fully saturated rings. The predicted molar refractivity (Wildman–Crippen MR) is 74.4 cm³/mol. The Morgan fingerprint density at radius 1 is 1.37 bits per heavy atom. The first kappa shape index (κ1) is 12.5. The molecule has 0 unspecified atom stereocenters. The summed E-state index contributed by atoms with van der Waals surface area (Å²) in [5.41, 5.74) is 0.475. The van der Waals surface area contributed by atoms with Crippen molar-refractivity contribution >= 4 is 10.9 Å². The quantitative estimate of drug-likeness (QED) is 0.903. The van der Waals surface area contributed by atoms with E-state index in [2.05, 4.69) is 16.0 Å². The van der Waals surface area contributed by atoms with Crippen LogP contribution in [0.5, 0.6) is 5.75 Å². The molecule has 0 spiro atoms. The van der Waals surface area contributed by atoms with Gasteiger partial charge in [-0.1, -0.05) is 0 Å². The third-order valence-electron chi connectivity index (χ3n) is 4.14. The largest absolute Gasteiger partial charge is 0.497 e. The van der Waals surface area contributed by atoms with E-state index >= 15 is 0 Å². The Hall–Kier alpha value is -1.55. The summed E-state index contributed by atoms with van der Waals surface area (Å²) in [4.78, 5) is 0. The van der Waals surface area contributed by atoms with Crippen LogP contribution in [-0.4, -0.2) is 27.6 Å². The molecule has 0 bridgehead atoms. The molecule has 0 atom stereocenters. The van der Waals surface area contributed by atoms with Gasteiger partial charge in [-0.15, -0.1) is 0 Å². The van der Waals surface area contributed by atoms with Gasteiger partial charge in [0.25, 0.3) is 0 Å². The van der Waals surface area contributed by atoms with Crippen molar-refractivity contribution in [3.63, 3.8) is 0 Å². The zero-order valence-electron chi connectivity index (χ0n) is 11.5. The lowest BCUT2D eigenvalue weighted by molar-refractivity contribution is 0.00860. The van der Waals surface area contributed by atoms with Crippen molar-refractivity contribution < 1.29 is 9.84 Å². The van der Waals surface area contributed by atoms with E-state index in [1.165, 1.54) is 0 Å². The minimum Gasteiger partial charge on any atom is -0.497 e. The number of benzene rings is 1. The van der Waals surface area contributed by atoms with Crippen molar-refractivity contribution in [2.24, 2.45) is 0 Å². The van der Waals surface area contributed by atoms with Gasteiger partial charge in [0.05, 0.1) is 24.3 Å². The lowest BCUT2D eigenvalue weighted by atomic mass is 9.84. The highest BCUT2D eigenvalue weighted by Crippen LogP contribution is 2.35. The van der Waals surface area contributed by atoms with Gasteiger partial charge in [-0.05, 0) is 44.7 Å². The fourth-order valence-electron chi connectivity index (χ4n) is 2.82. The van der Waals surface area contributed by atoms with Crippen LogP contribution in [0.25, 0.3) is 10.9 Å². The zero-order valence-corrected chi connectivity index (χ0v) is 11.5. The van der Waals surface area contributed by atoms with E-state index in [9.17, 15) is 5.11 Å². The van der Waals surface area contributed by atoms with Crippen LogP contribution < -0.4 is 4.74 Å². The minimum atomic E-state index is -0.494. The molecule has 1 N–H and O–H groups in total. The van der Waals surface area contributed by atoms with Gasteiger partial charge >= 0.3 is 0 Å². The molecule has 1 aliphatic carbocycles. The van der Waals surface area contributed by atoms with Gasteiger partial charge in [0.1, 0.15) is 5.75 Å². The molecule has 2 aromatic rings. The molecule has 102 valence electrons. The lowest BCUT2D eigenvalue weighted by Crippen LogP contribution is -2.31. The smallest absolute Gasteiger partial charge is 0.121 e. The van der Waals surface area contributed by atoms with Crippen LogP contribution in [0.15, 0.2) is 24.4 Å². The van der Waals surface area contributed by atoms with Crippen molar-refractivity contribution in [2.75, 3.05) is 7.11 Å². The SMILES string of the molecule is COc1ccc2cn(C3CCC(C)(O)CC3)nc2c1. The maximum Gasteiger partial charge on any atom is 0.121 e. The number of hydrogen-bond donors (Lipinski definition) is 1. The van der Waals surface area contributed by atoms with E-state index in [1.54, 1.807) is 7.11 Å². The summed E-state index contributed by atoms with van der Waals surface area (Å²) >= 11 is 0. The van der Waals surface area contributed by atoms with E-state index < -0.39 is 5.60 Å². The standard InChI is InChI=1S/C15H20N2O2/c1-15(18)7-5-12(6-8-15)17-10-11-3-4-13(19-2)9-14(11)16-17/h3-4,9-10,12,18H,5-8H2,1-2H3. The Morgan fingerprint density at radius 2 is 2.11 bits per heavy atom. The molecular formula is C15H20N2O2. The Morgan fingerprint density at radius 3 is 2.79 bits per heavy atom. The molecule has 1 saturated carbocycles. The summed E-state index contributed by atoms with van der Waals surface area (Å²) < 4.78 is 7.28. The fourth-order valence-corrected chi connectivity index (χ4v) is 2.82. The van der Waals surface area contributed by atoms with Crippen LogP contribution in [0.3, 0.4) is 0 Å². The first-order valence-electron chi connectivity index (χ1n) is 6.83. The van der Waals surface area contributed by atoms with Crippen molar-refractivity contribution in [3.05, 3.63) is 24.4 Å². The number of methoxy groups -OCH3 is 1. The molecule has 1 heterocycles. The van der Waals surface area contributed by atoms with Gasteiger partial charge in [-0.3, -0.25) is 4.68 Å². The molecule has 1 aromatic carbocycles. The van der Waals surface area contributed by atoms with E-state index in [4.69, 9.17) is 4.74 Å². The van der Waals surface area contributed by atoms with Gasteiger partial charge in [0.15, 0.2) is 0 Å². The van der Waals surface area contributed by atoms with Crippen molar-refractivity contribution in [1.29, 1.82) is 0 Å². The highest BCUT2D eigenvalue weighted by atomic mass is 16.5. The third kappa shape index (κ3) is 2.45. The Balaban J connectivity index is 1.85. The Bertz CT molecular complexity index is 579. The van der Waals surface area contributed by atoms with Crippen LogP contribution in [0.2, 0.25) is 0 Å². The molecule has 1 aromatic heterocycles. The number of hydrogen-bond acceptors (Lipinski definition) is 3. The number of rotatable bonds is 2. The molecule has 1 aliphatic rings. The topological polar surface area (TPSA) is 47.3 Å². The molecule has 0 radical (unpaired) electrons. The monoisotopic (exact) mass is 260 g/mol. The number of nitrogens with zero attached hydrogens (tertiary/aromatic N) is 2. The van der Waals surface area contributed by atoms with E-state index in [0.29, 0.717) is 6.04 Å². The fraction of sp³-hybridized carbons (Fsp3) is 0.533. The number of aromatic nitrogens is 2. The molecule has 3 rings (SSSR count). The molecule has 0 amide bonds.